The molecule has 108 valence electrons. The van der Waals surface area contributed by atoms with Crippen molar-refractivity contribution in [3.8, 4) is 0 Å². The van der Waals surface area contributed by atoms with Gasteiger partial charge in [0.05, 0.1) is 5.69 Å². The van der Waals surface area contributed by atoms with Crippen molar-refractivity contribution in [1.29, 1.82) is 0 Å². The quantitative estimate of drug-likeness (QED) is 0.822. The summed E-state index contributed by atoms with van der Waals surface area (Å²) in [6.45, 7) is 12.4. The molecule has 2 N–H and O–H groups in total. The lowest BCUT2D eigenvalue weighted by atomic mass is 10.0. The summed E-state index contributed by atoms with van der Waals surface area (Å²) in [4.78, 5) is 2.31. The third-order valence-corrected chi connectivity index (χ3v) is 3.50. The largest absolute Gasteiger partial charge is 0.352 e. The van der Waals surface area contributed by atoms with Gasteiger partial charge in [-0.25, -0.2) is 0 Å². The molecule has 19 heavy (non-hydrogen) atoms. The zero-order valence-corrected chi connectivity index (χ0v) is 13.0. The molecule has 0 amide bonds. The number of aryl methyl sites for hydroxylation is 1. The first-order chi connectivity index (χ1) is 9.10. The first-order valence-electron chi connectivity index (χ1n) is 7.44. The van der Waals surface area contributed by atoms with E-state index >= 15 is 0 Å². The molecule has 1 aromatic heterocycles. The normalized spacial score (nSPS) is 11.1. The Labute approximate surface area is 117 Å². The minimum absolute atomic E-state index is 0.414. The fourth-order valence-corrected chi connectivity index (χ4v) is 2.53. The second-order valence-electron chi connectivity index (χ2n) is 5.13. The first-order valence-corrected chi connectivity index (χ1v) is 7.44. The number of anilines is 1. The number of aromatic nitrogens is 2. The van der Waals surface area contributed by atoms with E-state index in [4.69, 9.17) is 5.73 Å². The van der Waals surface area contributed by atoms with Gasteiger partial charge in [-0.2, -0.15) is 5.10 Å². The SMILES string of the molecule is CCCN(c1nnc(CC)c(CC)c1CN)C(C)C. The monoisotopic (exact) mass is 264 g/mol. The fourth-order valence-electron chi connectivity index (χ4n) is 2.53. The van der Waals surface area contributed by atoms with Gasteiger partial charge in [-0.15, -0.1) is 5.10 Å². The first kappa shape index (κ1) is 15.9. The molecule has 0 aliphatic rings. The molecule has 1 rings (SSSR count). The molecule has 0 fully saturated rings. The summed E-state index contributed by atoms with van der Waals surface area (Å²) in [6.07, 6.45) is 2.98. The Bertz CT molecular complexity index is 401. The van der Waals surface area contributed by atoms with Crippen LogP contribution in [0.4, 0.5) is 5.82 Å². The van der Waals surface area contributed by atoms with E-state index in [0.717, 1.165) is 37.3 Å². The van der Waals surface area contributed by atoms with Crippen molar-refractivity contribution in [2.24, 2.45) is 5.73 Å². The van der Waals surface area contributed by atoms with E-state index in [0.29, 0.717) is 12.6 Å². The van der Waals surface area contributed by atoms with Gasteiger partial charge in [0, 0.05) is 24.7 Å². The third-order valence-electron chi connectivity index (χ3n) is 3.50. The summed E-state index contributed by atoms with van der Waals surface area (Å²) >= 11 is 0. The van der Waals surface area contributed by atoms with Crippen LogP contribution in [0.1, 0.15) is 57.9 Å². The average molecular weight is 264 g/mol. The van der Waals surface area contributed by atoms with E-state index in [1.54, 1.807) is 0 Å². The van der Waals surface area contributed by atoms with Gasteiger partial charge < -0.3 is 10.6 Å². The number of nitrogens with zero attached hydrogens (tertiary/aromatic N) is 3. The van der Waals surface area contributed by atoms with Crippen LogP contribution in [0.15, 0.2) is 0 Å². The lowest BCUT2D eigenvalue weighted by Crippen LogP contribution is -2.34. The van der Waals surface area contributed by atoms with Gasteiger partial charge in [0.25, 0.3) is 0 Å². The fraction of sp³-hybridized carbons (Fsp3) is 0.733. The van der Waals surface area contributed by atoms with E-state index in [1.165, 1.54) is 11.1 Å². The lowest BCUT2D eigenvalue weighted by molar-refractivity contribution is 0.646. The zero-order valence-electron chi connectivity index (χ0n) is 13.0. The maximum Gasteiger partial charge on any atom is 0.156 e. The molecule has 4 heteroatoms. The second kappa shape index (κ2) is 7.43. The molecular formula is C15H28N4. The molecule has 0 unspecified atom stereocenters. The summed E-state index contributed by atoms with van der Waals surface area (Å²) in [5.74, 6) is 0.980. The summed E-state index contributed by atoms with van der Waals surface area (Å²) in [6, 6.07) is 0.414. The van der Waals surface area contributed by atoms with Crippen LogP contribution in [-0.2, 0) is 19.4 Å². The lowest BCUT2D eigenvalue weighted by Gasteiger charge is -2.30. The van der Waals surface area contributed by atoms with Crippen LogP contribution >= 0.6 is 0 Å². The molecule has 0 bridgehead atoms. The van der Waals surface area contributed by atoms with Crippen molar-refractivity contribution < 1.29 is 0 Å². The highest BCUT2D eigenvalue weighted by Crippen LogP contribution is 2.25. The van der Waals surface area contributed by atoms with Crippen LogP contribution in [0.2, 0.25) is 0 Å². The topological polar surface area (TPSA) is 55.0 Å². The Morgan fingerprint density at radius 3 is 2.16 bits per heavy atom. The molecule has 0 aliphatic carbocycles. The van der Waals surface area contributed by atoms with Crippen LogP contribution in [0, 0.1) is 0 Å². The molecule has 0 aromatic carbocycles. The van der Waals surface area contributed by atoms with Gasteiger partial charge >= 0.3 is 0 Å². The standard InChI is InChI=1S/C15H28N4/c1-6-9-19(11(4)5)15-13(10-16)12(7-2)14(8-3)17-18-15/h11H,6-10,16H2,1-5H3. The average Bonchev–Trinajstić information content (AvgIpc) is 2.42. The molecule has 0 aliphatic heterocycles. The third kappa shape index (κ3) is 3.44. The summed E-state index contributed by atoms with van der Waals surface area (Å²) in [5, 5.41) is 8.88. The van der Waals surface area contributed by atoms with Gasteiger partial charge in [-0.3, -0.25) is 0 Å². The van der Waals surface area contributed by atoms with E-state index < -0.39 is 0 Å². The minimum atomic E-state index is 0.414. The van der Waals surface area contributed by atoms with Crippen LogP contribution < -0.4 is 10.6 Å². The van der Waals surface area contributed by atoms with Crippen LogP contribution in [0.5, 0.6) is 0 Å². The van der Waals surface area contributed by atoms with Gasteiger partial charge in [-0.05, 0) is 38.7 Å². The molecule has 0 atom stereocenters. The Hall–Kier alpha value is -1.16. The van der Waals surface area contributed by atoms with Crippen LogP contribution in [0.25, 0.3) is 0 Å². The van der Waals surface area contributed by atoms with Crippen LogP contribution in [-0.4, -0.2) is 22.8 Å². The smallest absolute Gasteiger partial charge is 0.156 e. The maximum atomic E-state index is 5.99. The van der Waals surface area contributed by atoms with Crippen molar-refractivity contribution in [2.75, 3.05) is 11.4 Å². The van der Waals surface area contributed by atoms with E-state index in [1.807, 2.05) is 0 Å². The van der Waals surface area contributed by atoms with Crippen molar-refractivity contribution in [2.45, 2.75) is 66.5 Å². The van der Waals surface area contributed by atoms with Gasteiger partial charge in [0.15, 0.2) is 5.82 Å². The molecule has 1 aromatic rings. The highest BCUT2D eigenvalue weighted by atomic mass is 15.3. The van der Waals surface area contributed by atoms with E-state index in [2.05, 4.69) is 49.7 Å². The van der Waals surface area contributed by atoms with E-state index in [9.17, 15) is 0 Å². The Balaban J connectivity index is 3.33. The number of hydrogen-bond acceptors (Lipinski definition) is 4. The molecule has 4 nitrogen and oxygen atoms in total. The molecule has 0 saturated heterocycles. The highest BCUT2D eigenvalue weighted by Gasteiger charge is 2.19. The van der Waals surface area contributed by atoms with Gasteiger partial charge in [0.2, 0.25) is 0 Å². The summed E-state index contributed by atoms with van der Waals surface area (Å²) < 4.78 is 0. The summed E-state index contributed by atoms with van der Waals surface area (Å²) in [7, 11) is 0. The number of hydrogen-bond donors (Lipinski definition) is 1. The molecule has 0 spiro atoms. The molecule has 0 radical (unpaired) electrons. The Morgan fingerprint density at radius 1 is 1.05 bits per heavy atom. The van der Waals surface area contributed by atoms with Crippen molar-refractivity contribution >= 4 is 5.82 Å². The van der Waals surface area contributed by atoms with Crippen molar-refractivity contribution in [3.63, 3.8) is 0 Å². The molecule has 1 heterocycles. The Kier molecular flexibility index (Phi) is 6.22. The predicted octanol–water partition coefficient (Wildman–Crippen LogP) is 2.68. The summed E-state index contributed by atoms with van der Waals surface area (Å²) in [5.41, 5.74) is 9.55. The van der Waals surface area contributed by atoms with Gasteiger partial charge in [0.1, 0.15) is 0 Å². The number of nitrogens with two attached hydrogens (primary N) is 1. The van der Waals surface area contributed by atoms with E-state index in [-0.39, 0.29) is 0 Å². The minimum Gasteiger partial charge on any atom is -0.352 e. The number of rotatable bonds is 7. The maximum absolute atomic E-state index is 5.99. The predicted molar refractivity (Wildman–Crippen MR) is 81.5 cm³/mol. The second-order valence-corrected chi connectivity index (χ2v) is 5.13. The van der Waals surface area contributed by atoms with Crippen molar-refractivity contribution in [3.05, 3.63) is 16.8 Å². The zero-order chi connectivity index (χ0) is 14.4. The van der Waals surface area contributed by atoms with Gasteiger partial charge in [-0.1, -0.05) is 20.8 Å². The van der Waals surface area contributed by atoms with Crippen molar-refractivity contribution in [1.82, 2.24) is 10.2 Å². The Morgan fingerprint density at radius 2 is 1.74 bits per heavy atom. The van der Waals surface area contributed by atoms with Crippen LogP contribution in [0.3, 0.4) is 0 Å². The molecular weight excluding hydrogens is 236 g/mol. The molecule has 0 saturated carbocycles. The highest BCUT2D eigenvalue weighted by molar-refractivity contribution is 5.52.